The second-order valence-electron chi connectivity index (χ2n) is 5.22. The molecule has 2 aromatic carbocycles. The Balaban J connectivity index is 1.79. The maximum atomic E-state index is 12.3. The molecule has 0 saturated heterocycles. The lowest BCUT2D eigenvalue weighted by molar-refractivity contribution is 0.0947. The van der Waals surface area contributed by atoms with E-state index in [1.54, 1.807) is 19.1 Å². The highest BCUT2D eigenvalue weighted by molar-refractivity contribution is 9.10. The molecule has 0 aliphatic heterocycles. The Morgan fingerprint density at radius 3 is 2.67 bits per heavy atom. The summed E-state index contributed by atoms with van der Waals surface area (Å²) in [6.45, 7) is 1.79. The Kier molecular flexibility index (Phi) is 4.44. The topological polar surface area (TPSA) is 91.1 Å². The predicted octanol–water partition coefficient (Wildman–Crippen LogP) is 2.86. The number of carbonyl (C=O) groups excluding carboxylic acids is 1. The summed E-state index contributed by atoms with van der Waals surface area (Å²) in [5.74, 6) is -0.537. The highest BCUT2D eigenvalue weighted by atomic mass is 79.9. The van der Waals surface area contributed by atoms with Crippen LogP contribution in [0.3, 0.4) is 0 Å². The Morgan fingerprint density at radius 1 is 1.17 bits per heavy atom. The highest BCUT2D eigenvalue weighted by Gasteiger charge is 2.18. The number of hydrogen-bond acceptors (Lipinski definition) is 3. The second kappa shape index (κ2) is 6.39. The van der Waals surface area contributed by atoms with E-state index >= 15 is 0 Å². The van der Waals surface area contributed by atoms with E-state index in [0.29, 0.717) is 10.9 Å². The molecule has 0 bridgehead atoms. The lowest BCUT2D eigenvalue weighted by atomic mass is 10.2. The van der Waals surface area contributed by atoms with Crippen molar-refractivity contribution in [2.75, 3.05) is 0 Å². The van der Waals surface area contributed by atoms with Crippen LogP contribution < -0.4 is 10.3 Å². The molecule has 0 fully saturated rings. The van der Waals surface area contributed by atoms with Crippen LogP contribution in [0.25, 0.3) is 10.9 Å². The van der Waals surface area contributed by atoms with Gasteiger partial charge in [0.05, 0.1) is 10.5 Å². The molecule has 3 N–H and O–H groups in total. The van der Waals surface area contributed by atoms with Crippen molar-refractivity contribution >= 4 is 42.8 Å². The number of para-hydroxylation sites is 1. The smallest absolute Gasteiger partial charge is 0.268 e. The van der Waals surface area contributed by atoms with Gasteiger partial charge in [-0.1, -0.05) is 34.1 Å². The van der Waals surface area contributed by atoms with E-state index in [9.17, 15) is 13.2 Å². The molecular weight excluding hydrogens is 394 g/mol. The normalized spacial score (nSPS) is 11.6. The third kappa shape index (κ3) is 3.21. The summed E-state index contributed by atoms with van der Waals surface area (Å²) in [5, 5.41) is 0.716. The van der Waals surface area contributed by atoms with Gasteiger partial charge in [-0.2, -0.15) is 0 Å². The van der Waals surface area contributed by atoms with Crippen LogP contribution in [0, 0.1) is 6.92 Å². The highest BCUT2D eigenvalue weighted by Crippen LogP contribution is 2.20. The van der Waals surface area contributed by atoms with Crippen LogP contribution in [0.4, 0.5) is 0 Å². The van der Waals surface area contributed by atoms with E-state index in [0.717, 1.165) is 15.6 Å². The van der Waals surface area contributed by atoms with Gasteiger partial charge in [0.2, 0.25) is 0 Å². The molecule has 0 saturated carbocycles. The molecule has 1 amide bonds. The zero-order valence-electron chi connectivity index (χ0n) is 12.6. The van der Waals surface area contributed by atoms with E-state index in [4.69, 9.17) is 0 Å². The first kappa shape index (κ1) is 16.7. The van der Waals surface area contributed by atoms with Crippen LogP contribution in [0.5, 0.6) is 0 Å². The van der Waals surface area contributed by atoms with E-state index < -0.39 is 15.9 Å². The molecule has 0 aliphatic rings. The number of hydrazine groups is 1. The minimum atomic E-state index is -3.85. The average molecular weight is 408 g/mol. The largest absolute Gasteiger partial charge is 0.360 e. The fourth-order valence-corrected chi connectivity index (χ4v) is 3.45. The van der Waals surface area contributed by atoms with Crippen LogP contribution in [-0.2, 0) is 10.0 Å². The van der Waals surface area contributed by atoms with Gasteiger partial charge in [0.1, 0.15) is 0 Å². The number of aromatic amines is 1. The van der Waals surface area contributed by atoms with E-state index in [1.807, 2.05) is 18.2 Å². The maximum absolute atomic E-state index is 12.3. The van der Waals surface area contributed by atoms with Gasteiger partial charge in [0.25, 0.3) is 15.9 Å². The maximum Gasteiger partial charge on any atom is 0.268 e. The van der Waals surface area contributed by atoms with Crippen LogP contribution >= 0.6 is 15.9 Å². The fourth-order valence-electron chi connectivity index (χ4n) is 2.28. The van der Waals surface area contributed by atoms with Gasteiger partial charge in [0.15, 0.2) is 0 Å². The molecule has 0 atom stereocenters. The average Bonchev–Trinajstić information content (AvgIpc) is 2.99. The van der Waals surface area contributed by atoms with Crippen molar-refractivity contribution in [2.24, 2.45) is 0 Å². The zero-order valence-corrected chi connectivity index (χ0v) is 15.0. The third-order valence-corrected chi connectivity index (χ3v) is 5.71. The van der Waals surface area contributed by atoms with Crippen molar-refractivity contribution in [1.29, 1.82) is 0 Å². The van der Waals surface area contributed by atoms with Crippen molar-refractivity contribution in [3.8, 4) is 0 Å². The van der Waals surface area contributed by atoms with Crippen molar-refractivity contribution in [3.05, 3.63) is 64.3 Å². The quantitative estimate of drug-likeness (QED) is 0.580. The first-order valence-corrected chi connectivity index (χ1v) is 9.30. The van der Waals surface area contributed by atoms with Gasteiger partial charge in [-0.15, -0.1) is 4.83 Å². The van der Waals surface area contributed by atoms with Crippen molar-refractivity contribution in [3.63, 3.8) is 0 Å². The summed E-state index contributed by atoms with van der Waals surface area (Å²) in [6.07, 6.45) is 1.54. The fraction of sp³-hybridized carbons (Fsp3) is 0.0625. The van der Waals surface area contributed by atoms with Gasteiger partial charge < -0.3 is 4.98 Å². The Labute approximate surface area is 147 Å². The van der Waals surface area contributed by atoms with Gasteiger partial charge in [-0.25, -0.2) is 8.42 Å². The van der Waals surface area contributed by atoms with Crippen LogP contribution in [0.1, 0.15) is 15.9 Å². The van der Waals surface area contributed by atoms with E-state index in [1.165, 1.54) is 18.3 Å². The lowest BCUT2D eigenvalue weighted by Crippen LogP contribution is -2.41. The molecule has 124 valence electrons. The molecule has 0 radical (unpaired) electrons. The second-order valence-corrected chi connectivity index (χ2v) is 7.76. The summed E-state index contributed by atoms with van der Waals surface area (Å²) in [6, 6.07) is 11.9. The summed E-state index contributed by atoms with van der Waals surface area (Å²) >= 11 is 3.32. The molecule has 1 heterocycles. The molecule has 24 heavy (non-hydrogen) atoms. The number of hydrogen-bond donors (Lipinski definition) is 3. The van der Waals surface area contributed by atoms with Crippen molar-refractivity contribution in [2.45, 2.75) is 11.8 Å². The number of rotatable bonds is 4. The molecule has 0 aliphatic carbocycles. The number of sulfonamides is 1. The van der Waals surface area contributed by atoms with Crippen LogP contribution in [0.15, 0.2) is 58.0 Å². The standard InChI is InChI=1S/C16H14BrN3O3S/c1-10-8-11(6-7-14(10)17)24(22,23)20-19-16(21)13-9-18-15-5-3-2-4-12(13)15/h2-9,18,20H,1H3,(H,19,21). The molecule has 8 heteroatoms. The van der Waals surface area contributed by atoms with Gasteiger partial charge in [-0.3, -0.25) is 10.2 Å². The Morgan fingerprint density at radius 2 is 1.92 bits per heavy atom. The third-order valence-electron chi connectivity index (χ3n) is 3.57. The molecule has 3 aromatic rings. The number of benzene rings is 2. The van der Waals surface area contributed by atoms with Gasteiger partial charge >= 0.3 is 0 Å². The summed E-state index contributed by atoms with van der Waals surface area (Å²) < 4.78 is 25.4. The number of fused-ring (bicyclic) bond motifs is 1. The number of aromatic nitrogens is 1. The lowest BCUT2D eigenvalue weighted by Gasteiger charge is -2.09. The molecule has 3 rings (SSSR count). The first-order chi connectivity index (χ1) is 11.4. The first-order valence-electron chi connectivity index (χ1n) is 7.03. The number of halogens is 1. The Bertz CT molecular complexity index is 1030. The summed E-state index contributed by atoms with van der Waals surface area (Å²) in [4.78, 5) is 17.4. The van der Waals surface area contributed by atoms with Gasteiger partial charge in [-0.05, 0) is 36.8 Å². The number of nitrogens with one attached hydrogen (secondary N) is 3. The monoisotopic (exact) mass is 407 g/mol. The molecule has 0 unspecified atom stereocenters. The Hall–Kier alpha value is -2.16. The SMILES string of the molecule is Cc1cc(S(=O)(=O)NNC(=O)c2c[nH]c3ccccc23)ccc1Br. The summed E-state index contributed by atoms with van der Waals surface area (Å²) in [7, 11) is -3.85. The molecular formula is C16H14BrN3O3S. The van der Waals surface area contributed by atoms with Crippen LogP contribution in [0.2, 0.25) is 0 Å². The molecule has 6 nitrogen and oxygen atoms in total. The number of aryl methyl sites for hydroxylation is 1. The van der Waals surface area contributed by atoms with Crippen molar-refractivity contribution < 1.29 is 13.2 Å². The summed E-state index contributed by atoms with van der Waals surface area (Å²) in [5.41, 5.74) is 4.18. The van der Waals surface area contributed by atoms with Gasteiger partial charge in [0, 0.05) is 21.6 Å². The van der Waals surface area contributed by atoms with Crippen LogP contribution in [-0.4, -0.2) is 19.3 Å². The van der Waals surface area contributed by atoms with Crippen molar-refractivity contribution in [1.82, 2.24) is 15.2 Å². The van der Waals surface area contributed by atoms with E-state index in [2.05, 4.69) is 31.2 Å². The minimum absolute atomic E-state index is 0.0717. The number of amides is 1. The predicted molar refractivity (Wildman–Crippen MR) is 95.0 cm³/mol. The number of H-pyrrole nitrogens is 1. The molecule has 0 spiro atoms. The zero-order chi connectivity index (χ0) is 17.3. The van der Waals surface area contributed by atoms with E-state index in [-0.39, 0.29) is 4.90 Å². The molecule has 1 aromatic heterocycles. The minimum Gasteiger partial charge on any atom is -0.360 e. The number of carbonyl (C=O) groups is 1.